The Balaban J connectivity index is 1.66. The van der Waals surface area contributed by atoms with Crippen LogP contribution in [0.25, 0.3) is 0 Å². The van der Waals surface area contributed by atoms with Crippen LogP contribution in [0.4, 0.5) is 5.82 Å². The molecule has 0 N–H and O–H groups in total. The van der Waals surface area contributed by atoms with Crippen LogP contribution in [-0.2, 0) is 6.42 Å². The van der Waals surface area contributed by atoms with Gasteiger partial charge >= 0.3 is 0 Å². The summed E-state index contributed by atoms with van der Waals surface area (Å²) in [4.78, 5) is 6.62. The lowest BCUT2D eigenvalue weighted by Crippen LogP contribution is -2.33. The van der Waals surface area contributed by atoms with Crippen LogP contribution in [-0.4, -0.2) is 28.3 Å². The first-order valence-corrected chi connectivity index (χ1v) is 8.06. The van der Waals surface area contributed by atoms with E-state index in [1.807, 2.05) is 12.1 Å². The number of piperidine rings is 1. The van der Waals surface area contributed by atoms with Crippen molar-refractivity contribution in [2.75, 3.05) is 18.0 Å². The molecule has 0 bridgehead atoms. The molecule has 1 saturated heterocycles. The molecule has 1 aliphatic rings. The second-order valence-electron chi connectivity index (χ2n) is 5.14. The van der Waals surface area contributed by atoms with E-state index in [0.29, 0.717) is 11.6 Å². The van der Waals surface area contributed by atoms with Crippen LogP contribution in [0.2, 0.25) is 0 Å². The maximum absolute atomic E-state index is 8.93. The molecule has 0 aliphatic carbocycles. The van der Waals surface area contributed by atoms with Gasteiger partial charge in [0.2, 0.25) is 0 Å². The third-order valence-electron chi connectivity index (χ3n) is 3.80. The summed E-state index contributed by atoms with van der Waals surface area (Å²) in [6.07, 6.45) is 3.09. The lowest BCUT2D eigenvalue weighted by atomic mass is 9.97. The fourth-order valence-corrected chi connectivity index (χ4v) is 3.54. The zero-order chi connectivity index (χ0) is 14.7. The summed E-state index contributed by atoms with van der Waals surface area (Å²) in [5.74, 6) is 1.41. The number of nitriles is 1. The number of anilines is 1. The van der Waals surface area contributed by atoms with E-state index in [-0.39, 0.29) is 0 Å². The summed E-state index contributed by atoms with van der Waals surface area (Å²) in [6.45, 7) is 4.02. The number of hydrogen-bond acceptors (Lipinski definition) is 6. The minimum absolute atomic E-state index is 0.478. The fourth-order valence-electron chi connectivity index (χ4n) is 2.59. The van der Waals surface area contributed by atoms with Gasteiger partial charge in [-0.05, 0) is 31.4 Å². The second kappa shape index (κ2) is 6.19. The van der Waals surface area contributed by atoms with Crippen molar-refractivity contribution < 1.29 is 0 Å². The van der Waals surface area contributed by atoms with Gasteiger partial charge < -0.3 is 4.90 Å². The van der Waals surface area contributed by atoms with Crippen LogP contribution in [0.15, 0.2) is 18.2 Å². The van der Waals surface area contributed by atoms with E-state index in [0.717, 1.165) is 43.2 Å². The molecule has 2 aromatic rings. The zero-order valence-corrected chi connectivity index (χ0v) is 12.8. The summed E-state index contributed by atoms with van der Waals surface area (Å²) in [7, 11) is 0. The van der Waals surface area contributed by atoms with Gasteiger partial charge in [0.05, 0.1) is 0 Å². The number of pyridine rings is 1. The maximum atomic E-state index is 8.93. The van der Waals surface area contributed by atoms with Crippen molar-refractivity contribution in [3.05, 3.63) is 33.9 Å². The van der Waals surface area contributed by atoms with Gasteiger partial charge in [0.15, 0.2) is 0 Å². The average Bonchev–Trinajstić information content (AvgIpc) is 3.04. The first-order chi connectivity index (χ1) is 10.3. The first kappa shape index (κ1) is 14.0. The Morgan fingerprint density at radius 3 is 2.81 bits per heavy atom. The van der Waals surface area contributed by atoms with Crippen LogP contribution >= 0.6 is 11.3 Å². The Morgan fingerprint density at radius 2 is 2.14 bits per heavy atom. The van der Waals surface area contributed by atoms with Gasteiger partial charge in [0.1, 0.15) is 27.6 Å². The Kier molecular flexibility index (Phi) is 4.11. The van der Waals surface area contributed by atoms with E-state index in [2.05, 4.69) is 33.1 Å². The monoisotopic (exact) mass is 299 g/mol. The highest BCUT2D eigenvalue weighted by Crippen LogP contribution is 2.31. The fraction of sp³-hybridized carbons (Fsp3) is 0.467. The van der Waals surface area contributed by atoms with Gasteiger partial charge in [-0.2, -0.15) is 5.26 Å². The molecule has 6 heteroatoms. The number of hydrogen-bond donors (Lipinski definition) is 0. The molecule has 0 unspecified atom stereocenters. The van der Waals surface area contributed by atoms with Crippen molar-refractivity contribution >= 4 is 17.2 Å². The highest BCUT2D eigenvalue weighted by Gasteiger charge is 2.24. The molecule has 3 rings (SSSR count). The molecule has 21 heavy (non-hydrogen) atoms. The molecule has 0 atom stereocenters. The van der Waals surface area contributed by atoms with E-state index in [9.17, 15) is 0 Å². The van der Waals surface area contributed by atoms with Crippen molar-refractivity contribution in [3.63, 3.8) is 0 Å². The summed E-state index contributed by atoms with van der Waals surface area (Å²) in [6, 6.07) is 7.70. The van der Waals surface area contributed by atoms with Crippen LogP contribution in [0.1, 0.15) is 41.4 Å². The van der Waals surface area contributed by atoms with Gasteiger partial charge in [0.25, 0.3) is 0 Å². The van der Waals surface area contributed by atoms with Gasteiger partial charge in [-0.25, -0.2) is 4.98 Å². The minimum atomic E-state index is 0.478. The van der Waals surface area contributed by atoms with E-state index in [4.69, 9.17) is 5.26 Å². The molecule has 3 heterocycles. The quantitative estimate of drug-likeness (QED) is 0.872. The van der Waals surface area contributed by atoms with Crippen LogP contribution in [0.3, 0.4) is 0 Å². The van der Waals surface area contributed by atoms with Gasteiger partial charge in [-0.15, -0.1) is 21.5 Å². The Hall–Kier alpha value is -2.00. The van der Waals surface area contributed by atoms with E-state index in [1.165, 1.54) is 5.01 Å². The lowest BCUT2D eigenvalue weighted by Gasteiger charge is -2.31. The maximum Gasteiger partial charge on any atom is 0.142 e. The molecule has 0 aromatic carbocycles. The number of aryl methyl sites for hydroxylation is 1. The molecular weight excluding hydrogens is 282 g/mol. The van der Waals surface area contributed by atoms with E-state index in [1.54, 1.807) is 17.4 Å². The van der Waals surface area contributed by atoms with Crippen molar-refractivity contribution in [3.8, 4) is 6.07 Å². The first-order valence-electron chi connectivity index (χ1n) is 7.24. The van der Waals surface area contributed by atoms with Crippen LogP contribution in [0, 0.1) is 11.3 Å². The van der Waals surface area contributed by atoms with E-state index >= 15 is 0 Å². The Morgan fingerprint density at radius 1 is 1.33 bits per heavy atom. The highest BCUT2D eigenvalue weighted by atomic mass is 32.1. The van der Waals surface area contributed by atoms with Crippen molar-refractivity contribution in [2.45, 2.75) is 32.1 Å². The van der Waals surface area contributed by atoms with Gasteiger partial charge in [-0.1, -0.05) is 13.0 Å². The molecular formula is C15H17N5S. The van der Waals surface area contributed by atoms with E-state index < -0.39 is 0 Å². The molecule has 108 valence electrons. The van der Waals surface area contributed by atoms with Gasteiger partial charge in [-0.3, -0.25) is 0 Å². The lowest BCUT2D eigenvalue weighted by molar-refractivity contribution is 0.498. The summed E-state index contributed by atoms with van der Waals surface area (Å²) >= 11 is 1.74. The molecule has 2 aromatic heterocycles. The van der Waals surface area contributed by atoms with Gasteiger partial charge in [0, 0.05) is 19.0 Å². The third kappa shape index (κ3) is 3.03. The standard InChI is InChI=1S/C15H17N5S/c1-2-14-18-19-15(21-14)11-6-8-20(9-7-11)13-5-3-4-12(10-16)17-13/h3-5,11H,2,6-9H2,1H3. The number of nitrogens with zero attached hydrogens (tertiary/aromatic N) is 5. The largest absolute Gasteiger partial charge is 0.357 e. The molecule has 1 fully saturated rings. The van der Waals surface area contributed by atoms with Crippen molar-refractivity contribution in [1.29, 1.82) is 5.26 Å². The van der Waals surface area contributed by atoms with Crippen molar-refractivity contribution in [1.82, 2.24) is 15.2 Å². The zero-order valence-electron chi connectivity index (χ0n) is 12.0. The molecule has 1 aliphatic heterocycles. The second-order valence-corrected chi connectivity index (χ2v) is 6.24. The summed E-state index contributed by atoms with van der Waals surface area (Å²) in [5, 5.41) is 19.8. The van der Waals surface area contributed by atoms with Crippen LogP contribution in [0.5, 0.6) is 0 Å². The minimum Gasteiger partial charge on any atom is -0.357 e. The highest BCUT2D eigenvalue weighted by molar-refractivity contribution is 7.11. The third-order valence-corrected chi connectivity index (χ3v) is 5.03. The SMILES string of the molecule is CCc1nnc(C2CCN(c3cccc(C#N)n3)CC2)s1. The number of aromatic nitrogens is 3. The Labute approximate surface area is 128 Å². The summed E-state index contributed by atoms with van der Waals surface area (Å²) < 4.78 is 0. The topological polar surface area (TPSA) is 65.7 Å². The molecule has 0 radical (unpaired) electrons. The smallest absolute Gasteiger partial charge is 0.142 e. The number of rotatable bonds is 3. The van der Waals surface area contributed by atoms with Crippen molar-refractivity contribution in [2.24, 2.45) is 0 Å². The average molecular weight is 299 g/mol. The molecule has 0 spiro atoms. The predicted molar refractivity (Wildman–Crippen MR) is 82.4 cm³/mol. The van der Waals surface area contributed by atoms with Crippen LogP contribution < -0.4 is 4.90 Å². The molecule has 0 amide bonds. The molecule has 0 saturated carbocycles. The Bertz CT molecular complexity index is 652. The normalized spacial score (nSPS) is 15.9. The molecule has 5 nitrogen and oxygen atoms in total. The summed E-state index contributed by atoms with van der Waals surface area (Å²) in [5.41, 5.74) is 0.478. The predicted octanol–water partition coefficient (Wildman–Crippen LogP) is 2.75.